The second kappa shape index (κ2) is 4.03. The number of rotatable bonds is 1. The van der Waals surface area contributed by atoms with Gasteiger partial charge in [-0.2, -0.15) is 0 Å². The number of fused-ring (bicyclic) bond motifs is 1. The van der Waals surface area contributed by atoms with E-state index < -0.39 is 0 Å². The fraction of sp³-hybridized carbons (Fsp3) is 0. The van der Waals surface area contributed by atoms with Crippen molar-refractivity contribution in [1.82, 2.24) is 4.98 Å². The number of benzene rings is 2. The number of nitrogens with two attached hydrogens (primary N) is 2. The van der Waals surface area contributed by atoms with Crippen molar-refractivity contribution in [3.63, 3.8) is 0 Å². The third kappa shape index (κ3) is 1.82. The van der Waals surface area contributed by atoms with Gasteiger partial charge in [0.1, 0.15) is 5.52 Å². The number of hydrogen-bond donors (Lipinski definition) is 2. The molecule has 0 fully saturated rings. The summed E-state index contributed by atoms with van der Waals surface area (Å²) in [5.41, 5.74) is 15.1. The fourth-order valence-corrected chi connectivity index (χ4v) is 2.04. The molecule has 5 heteroatoms. The summed E-state index contributed by atoms with van der Waals surface area (Å²) in [5, 5.41) is 0. The van der Waals surface area contributed by atoms with E-state index in [0.29, 0.717) is 22.8 Å². The first-order chi connectivity index (χ1) is 8.63. The average Bonchev–Trinajstić information content (AvgIpc) is 2.73. The highest BCUT2D eigenvalue weighted by atomic mass is 79.9. The van der Waals surface area contributed by atoms with E-state index in [1.807, 2.05) is 30.3 Å². The molecule has 0 bridgehead atoms. The number of nitrogen functional groups attached to an aromatic ring is 2. The van der Waals surface area contributed by atoms with Crippen LogP contribution < -0.4 is 11.5 Å². The van der Waals surface area contributed by atoms with Crippen LogP contribution in [0, 0.1) is 0 Å². The van der Waals surface area contributed by atoms with E-state index >= 15 is 0 Å². The van der Waals surface area contributed by atoms with E-state index in [1.165, 1.54) is 0 Å². The molecule has 90 valence electrons. The molecule has 4 nitrogen and oxygen atoms in total. The summed E-state index contributed by atoms with van der Waals surface area (Å²) in [4.78, 5) is 4.42. The van der Waals surface area contributed by atoms with Gasteiger partial charge in [0.25, 0.3) is 0 Å². The number of oxazole rings is 1. The van der Waals surface area contributed by atoms with Crippen molar-refractivity contribution in [3.8, 4) is 11.5 Å². The van der Waals surface area contributed by atoms with Crippen LogP contribution in [0.3, 0.4) is 0 Å². The average molecular weight is 304 g/mol. The molecule has 0 aliphatic rings. The van der Waals surface area contributed by atoms with Crippen LogP contribution in [-0.2, 0) is 0 Å². The Balaban J connectivity index is 2.16. The largest absolute Gasteiger partial charge is 0.436 e. The molecule has 1 aromatic heterocycles. The lowest BCUT2D eigenvalue weighted by Crippen LogP contribution is -1.85. The molecule has 3 aromatic rings. The molecular formula is C13H10BrN3O. The summed E-state index contributed by atoms with van der Waals surface area (Å²) in [6.45, 7) is 0. The minimum absolute atomic E-state index is 0.558. The van der Waals surface area contributed by atoms with Crippen molar-refractivity contribution in [2.75, 3.05) is 11.5 Å². The van der Waals surface area contributed by atoms with Gasteiger partial charge in [-0.25, -0.2) is 4.98 Å². The Kier molecular flexibility index (Phi) is 2.48. The van der Waals surface area contributed by atoms with Crippen molar-refractivity contribution in [2.45, 2.75) is 0 Å². The molecule has 1 heterocycles. The molecule has 0 radical (unpaired) electrons. The molecule has 0 saturated carbocycles. The van der Waals surface area contributed by atoms with Gasteiger partial charge in [0.2, 0.25) is 5.89 Å². The minimum Gasteiger partial charge on any atom is -0.436 e. The molecule has 0 spiro atoms. The van der Waals surface area contributed by atoms with Gasteiger partial charge in [0, 0.05) is 27.5 Å². The van der Waals surface area contributed by atoms with Crippen molar-refractivity contribution >= 4 is 38.4 Å². The van der Waals surface area contributed by atoms with E-state index in [-0.39, 0.29) is 0 Å². The third-order valence-electron chi connectivity index (χ3n) is 2.66. The number of hydrogen-bond acceptors (Lipinski definition) is 4. The number of anilines is 2. The Morgan fingerprint density at radius 3 is 2.50 bits per heavy atom. The zero-order chi connectivity index (χ0) is 12.7. The zero-order valence-corrected chi connectivity index (χ0v) is 10.9. The van der Waals surface area contributed by atoms with Gasteiger partial charge < -0.3 is 15.9 Å². The van der Waals surface area contributed by atoms with Gasteiger partial charge in [-0.1, -0.05) is 0 Å². The molecule has 2 aromatic carbocycles. The maximum atomic E-state index is 5.80. The summed E-state index contributed by atoms with van der Waals surface area (Å²) in [7, 11) is 0. The van der Waals surface area contributed by atoms with Crippen molar-refractivity contribution in [1.29, 1.82) is 0 Å². The maximum Gasteiger partial charge on any atom is 0.227 e. The van der Waals surface area contributed by atoms with Crippen LogP contribution in [0.15, 0.2) is 45.3 Å². The zero-order valence-electron chi connectivity index (χ0n) is 9.35. The first-order valence-corrected chi connectivity index (χ1v) is 6.14. The van der Waals surface area contributed by atoms with Crippen molar-refractivity contribution in [3.05, 3.63) is 40.9 Å². The van der Waals surface area contributed by atoms with E-state index in [1.54, 1.807) is 6.07 Å². The first-order valence-electron chi connectivity index (χ1n) is 5.35. The van der Waals surface area contributed by atoms with E-state index in [0.717, 1.165) is 15.6 Å². The van der Waals surface area contributed by atoms with Crippen LogP contribution in [0.2, 0.25) is 0 Å². The summed E-state index contributed by atoms with van der Waals surface area (Å²) >= 11 is 3.37. The summed E-state index contributed by atoms with van der Waals surface area (Å²) in [6.07, 6.45) is 0. The van der Waals surface area contributed by atoms with Crippen LogP contribution in [0.4, 0.5) is 11.4 Å². The monoisotopic (exact) mass is 303 g/mol. The normalized spacial score (nSPS) is 10.9. The smallest absolute Gasteiger partial charge is 0.227 e. The van der Waals surface area contributed by atoms with Gasteiger partial charge in [-0.15, -0.1) is 0 Å². The summed E-state index contributed by atoms with van der Waals surface area (Å²) in [5.74, 6) is 0.558. The van der Waals surface area contributed by atoms with Crippen LogP contribution in [0.25, 0.3) is 22.6 Å². The second-order valence-electron chi connectivity index (χ2n) is 3.98. The summed E-state index contributed by atoms with van der Waals surface area (Å²) in [6, 6.07) is 11.0. The second-order valence-corrected chi connectivity index (χ2v) is 4.84. The highest BCUT2D eigenvalue weighted by Crippen LogP contribution is 2.30. The lowest BCUT2D eigenvalue weighted by atomic mass is 10.2. The Hall–Kier alpha value is -2.01. The van der Waals surface area contributed by atoms with Crippen LogP contribution in [0.1, 0.15) is 0 Å². The van der Waals surface area contributed by atoms with E-state index in [9.17, 15) is 0 Å². The molecule has 18 heavy (non-hydrogen) atoms. The number of aromatic nitrogens is 1. The first kappa shape index (κ1) is 11.1. The Morgan fingerprint density at radius 1 is 1.06 bits per heavy atom. The molecule has 4 N–H and O–H groups in total. The van der Waals surface area contributed by atoms with E-state index in [2.05, 4.69) is 20.9 Å². The maximum absolute atomic E-state index is 5.80. The Bertz CT molecular complexity index is 680. The molecule has 3 rings (SSSR count). The van der Waals surface area contributed by atoms with Crippen LogP contribution in [-0.4, -0.2) is 4.98 Å². The molecule has 0 amide bonds. The Morgan fingerprint density at radius 2 is 1.78 bits per heavy atom. The lowest BCUT2D eigenvalue weighted by Gasteiger charge is -1.95. The van der Waals surface area contributed by atoms with Gasteiger partial charge in [-0.05, 0) is 46.3 Å². The van der Waals surface area contributed by atoms with Crippen LogP contribution >= 0.6 is 15.9 Å². The van der Waals surface area contributed by atoms with Gasteiger partial charge in [0.15, 0.2) is 5.58 Å². The highest BCUT2D eigenvalue weighted by Gasteiger charge is 2.10. The van der Waals surface area contributed by atoms with E-state index in [4.69, 9.17) is 15.9 Å². The van der Waals surface area contributed by atoms with Gasteiger partial charge >= 0.3 is 0 Å². The molecular weight excluding hydrogens is 294 g/mol. The van der Waals surface area contributed by atoms with Crippen LogP contribution in [0.5, 0.6) is 0 Å². The predicted octanol–water partition coefficient (Wildman–Crippen LogP) is 3.42. The number of nitrogens with zero attached hydrogens (tertiary/aromatic N) is 1. The lowest BCUT2D eigenvalue weighted by molar-refractivity contribution is 0.620. The van der Waals surface area contributed by atoms with Crippen molar-refractivity contribution < 1.29 is 4.42 Å². The number of halogens is 1. The predicted molar refractivity (Wildman–Crippen MR) is 76.0 cm³/mol. The molecule has 0 unspecified atom stereocenters. The van der Waals surface area contributed by atoms with Gasteiger partial charge in [0.05, 0.1) is 0 Å². The molecule has 0 saturated heterocycles. The standard InChI is InChI=1S/C13H10BrN3O/c14-9-5-11-12(6-10(9)16)18-13(17-11)7-1-3-8(15)4-2-7/h1-6H,15-16H2. The Labute approximate surface area is 112 Å². The highest BCUT2D eigenvalue weighted by molar-refractivity contribution is 9.10. The third-order valence-corrected chi connectivity index (χ3v) is 3.35. The molecule has 0 aliphatic carbocycles. The fourth-order valence-electron chi connectivity index (χ4n) is 1.71. The van der Waals surface area contributed by atoms with Crippen molar-refractivity contribution in [2.24, 2.45) is 0 Å². The quantitative estimate of drug-likeness (QED) is 0.675. The van der Waals surface area contributed by atoms with Gasteiger partial charge in [-0.3, -0.25) is 0 Å². The SMILES string of the molecule is Nc1ccc(-c2nc3cc(Br)c(N)cc3o2)cc1. The molecule has 0 aliphatic heterocycles. The minimum atomic E-state index is 0.558. The summed E-state index contributed by atoms with van der Waals surface area (Å²) < 4.78 is 6.49. The topological polar surface area (TPSA) is 78.1 Å². The molecule has 0 atom stereocenters.